The van der Waals surface area contributed by atoms with Crippen molar-refractivity contribution in [3.8, 4) is 16.9 Å². The van der Waals surface area contributed by atoms with Crippen LogP contribution in [-0.2, 0) is 6.54 Å². The summed E-state index contributed by atoms with van der Waals surface area (Å²) in [6.07, 6.45) is -2.80. The van der Waals surface area contributed by atoms with Gasteiger partial charge in [-0.3, -0.25) is 9.69 Å². The lowest BCUT2D eigenvalue weighted by Crippen LogP contribution is -2.32. The minimum absolute atomic E-state index is 0. The number of piperidine rings is 1. The molecule has 2 heterocycles. The quantitative estimate of drug-likeness (QED) is 0.388. The Labute approximate surface area is 213 Å². The highest BCUT2D eigenvalue weighted by atomic mass is 35.5. The van der Waals surface area contributed by atoms with Crippen LogP contribution in [0.25, 0.3) is 11.1 Å². The zero-order valence-corrected chi connectivity index (χ0v) is 21.0. The maximum absolute atomic E-state index is 12.6. The largest absolute Gasteiger partial charge is 0.573 e. The number of alkyl halides is 3. The van der Waals surface area contributed by atoms with E-state index in [1.165, 1.54) is 12.1 Å². The van der Waals surface area contributed by atoms with Crippen LogP contribution in [0.4, 0.5) is 13.2 Å². The van der Waals surface area contributed by atoms with Crippen LogP contribution in [0.1, 0.15) is 41.3 Å². The Bertz CT molecular complexity index is 1200. The summed E-state index contributed by atoms with van der Waals surface area (Å²) in [6, 6.07) is 14.2. The maximum Gasteiger partial charge on any atom is 0.573 e. The van der Waals surface area contributed by atoms with Crippen molar-refractivity contribution in [1.82, 2.24) is 9.88 Å². The smallest absolute Gasteiger partial charge is 0.406 e. The molecule has 4 rings (SSSR count). The normalized spacial score (nSPS) is 15.0. The average molecular weight is 527 g/mol. The van der Waals surface area contributed by atoms with E-state index < -0.39 is 6.36 Å². The molecule has 35 heavy (non-hydrogen) atoms. The molecule has 4 nitrogen and oxygen atoms in total. The number of benzene rings is 2. The second-order valence-electron chi connectivity index (χ2n) is 8.76. The molecule has 0 bridgehead atoms. The Morgan fingerprint density at radius 2 is 1.60 bits per heavy atom. The maximum atomic E-state index is 12.6. The van der Waals surface area contributed by atoms with Crippen LogP contribution >= 0.6 is 24.0 Å². The molecule has 0 unspecified atom stereocenters. The van der Waals surface area contributed by atoms with E-state index in [0.717, 1.165) is 54.9 Å². The number of halogens is 5. The molecule has 1 aliphatic rings. The molecule has 0 radical (unpaired) electrons. The SMILES string of the molecule is Cc1[nH]c(C)c(-c2ccc(CN3CCC(c4ccc(OC(F)(F)F)cc4)CC3)cc2)c(=O)c1Cl.Cl. The minimum Gasteiger partial charge on any atom is -0.406 e. The first kappa shape index (κ1) is 27.1. The Hall–Kier alpha value is -2.48. The molecule has 2 aromatic carbocycles. The van der Waals surface area contributed by atoms with Crippen LogP contribution in [0, 0.1) is 13.8 Å². The number of hydrogen-bond acceptors (Lipinski definition) is 3. The summed E-state index contributed by atoms with van der Waals surface area (Å²) in [5.41, 5.74) is 4.91. The molecular weight excluding hydrogens is 500 g/mol. The Kier molecular flexibility index (Phi) is 8.57. The molecule has 3 aromatic rings. The van der Waals surface area contributed by atoms with E-state index >= 15 is 0 Å². The molecule has 1 aliphatic heterocycles. The van der Waals surface area contributed by atoms with E-state index in [-0.39, 0.29) is 28.6 Å². The summed E-state index contributed by atoms with van der Waals surface area (Å²) in [5, 5.41) is 0.218. The van der Waals surface area contributed by atoms with Crippen LogP contribution in [0.15, 0.2) is 53.3 Å². The lowest BCUT2D eigenvalue weighted by Gasteiger charge is -2.32. The molecular formula is C26H27Cl2F3N2O2. The average Bonchev–Trinajstić information content (AvgIpc) is 2.79. The van der Waals surface area contributed by atoms with E-state index in [9.17, 15) is 18.0 Å². The highest BCUT2D eigenvalue weighted by molar-refractivity contribution is 6.31. The Morgan fingerprint density at radius 1 is 1.00 bits per heavy atom. The van der Waals surface area contributed by atoms with E-state index in [4.69, 9.17) is 11.6 Å². The molecule has 0 amide bonds. The lowest BCUT2D eigenvalue weighted by molar-refractivity contribution is -0.274. The zero-order valence-electron chi connectivity index (χ0n) is 19.4. The number of ether oxygens (including phenoxy) is 1. The van der Waals surface area contributed by atoms with Crippen molar-refractivity contribution < 1.29 is 17.9 Å². The number of H-pyrrole nitrogens is 1. The van der Waals surface area contributed by atoms with Crippen LogP contribution < -0.4 is 10.2 Å². The molecule has 1 aromatic heterocycles. The van der Waals surface area contributed by atoms with Crippen molar-refractivity contribution in [3.63, 3.8) is 0 Å². The van der Waals surface area contributed by atoms with Gasteiger partial charge in [0.25, 0.3) is 0 Å². The number of aryl methyl sites for hydroxylation is 2. The Morgan fingerprint density at radius 3 is 2.17 bits per heavy atom. The third-order valence-electron chi connectivity index (χ3n) is 6.33. The van der Waals surface area contributed by atoms with Crippen LogP contribution in [0.3, 0.4) is 0 Å². The topological polar surface area (TPSA) is 45.3 Å². The third kappa shape index (κ3) is 6.60. The third-order valence-corrected chi connectivity index (χ3v) is 6.78. The molecule has 1 fully saturated rings. The Balaban J connectivity index is 0.00000342. The summed E-state index contributed by atoms with van der Waals surface area (Å²) in [4.78, 5) is 18.2. The van der Waals surface area contributed by atoms with Gasteiger partial charge in [0.05, 0.1) is 0 Å². The number of nitrogens with one attached hydrogen (secondary N) is 1. The van der Waals surface area contributed by atoms with Gasteiger partial charge >= 0.3 is 6.36 Å². The summed E-state index contributed by atoms with van der Waals surface area (Å²) < 4.78 is 41.0. The molecule has 188 valence electrons. The second kappa shape index (κ2) is 11.1. The predicted molar refractivity (Wildman–Crippen MR) is 135 cm³/mol. The lowest BCUT2D eigenvalue weighted by atomic mass is 9.89. The fraction of sp³-hybridized carbons (Fsp3) is 0.346. The minimum atomic E-state index is -4.67. The van der Waals surface area contributed by atoms with Gasteiger partial charge in [-0.05, 0) is 74.5 Å². The summed E-state index contributed by atoms with van der Waals surface area (Å²) >= 11 is 6.15. The number of pyridine rings is 1. The zero-order chi connectivity index (χ0) is 24.5. The number of aromatic amines is 1. The molecule has 0 atom stereocenters. The van der Waals surface area contributed by atoms with Crippen molar-refractivity contribution in [2.24, 2.45) is 0 Å². The fourth-order valence-electron chi connectivity index (χ4n) is 4.60. The van der Waals surface area contributed by atoms with Gasteiger partial charge in [0.2, 0.25) is 5.43 Å². The van der Waals surface area contributed by atoms with Gasteiger partial charge in [-0.15, -0.1) is 25.6 Å². The van der Waals surface area contributed by atoms with Gasteiger partial charge in [0.1, 0.15) is 10.8 Å². The number of nitrogens with zero attached hydrogens (tertiary/aromatic N) is 1. The van der Waals surface area contributed by atoms with Gasteiger partial charge in [-0.1, -0.05) is 48.0 Å². The monoisotopic (exact) mass is 526 g/mol. The molecule has 0 saturated carbocycles. The van der Waals surface area contributed by atoms with Crippen LogP contribution in [-0.4, -0.2) is 29.3 Å². The fourth-order valence-corrected chi connectivity index (χ4v) is 4.74. The number of hydrogen-bond donors (Lipinski definition) is 1. The second-order valence-corrected chi connectivity index (χ2v) is 9.14. The van der Waals surface area contributed by atoms with E-state index in [0.29, 0.717) is 17.2 Å². The van der Waals surface area contributed by atoms with E-state index in [1.807, 2.05) is 31.2 Å². The van der Waals surface area contributed by atoms with Gasteiger partial charge < -0.3 is 9.72 Å². The summed E-state index contributed by atoms with van der Waals surface area (Å²) in [6.45, 7) is 6.26. The first-order valence-electron chi connectivity index (χ1n) is 11.2. The molecule has 0 spiro atoms. The van der Waals surface area contributed by atoms with Crippen molar-refractivity contribution in [1.29, 1.82) is 0 Å². The first-order valence-corrected chi connectivity index (χ1v) is 11.5. The summed E-state index contributed by atoms with van der Waals surface area (Å²) in [5.74, 6) is 0.127. The number of likely N-dealkylation sites (tertiary alicyclic amines) is 1. The number of rotatable bonds is 5. The highest BCUT2D eigenvalue weighted by Gasteiger charge is 2.31. The van der Waals surface area contributed by atoms with Crippen LogP contribution in [0.2, 0.25) is 5.02 Å². The predicted octanol–water partition coefficient (Wildman–Crippen LogP) is 7.01. The molecule has 0 aliphatic carbocycles. The standard InChI is InChI=1S/C26H26ClF3N2O2.ClH/c1-16-23(25(33)24(27)17(2)31-16)21-5-3-18(4-6-21)15-32-13-11-20(12-14-32)19-7-9-22(10-8-19)34-26(28,29)30;/h3-10,20H,11-15H2,1-2H3,(H,31,33);1H. The summed E-state index contributed by atoms with van der Waals surface area (Å²) in [7, 11) is 0. The van der Waals surface area contributed by atoms with E-state index in [1.54, 1.807) is 19.1 Å². The first-order chi connectivity index (χ1) is 16.1. The highest BCUT2D eigenvalue weighted by Crippen LogP contribution is 2.31. The van der Waals surface area contributed by atoms with Crippen LogP contribution in [0.5, 0.6) is 5.75 Å². The molecule has 1 saturated heterocycles. The van der Waals surface area contributed by atoms with Gasteiger partial charge in [0.15, 0.2) is 0 Å². The van der Waals surface area contributed by atoms with E-state index in [2.05, 4.69) is 14.6 Å². The van der Waals surface area contributed by atoms with Crippen molar-refractivity contribution in [2.45, 2.75) is 45.5 Å². The van der Waals surface area contributed by atoms with Gasteiger partial charge in [0, 0.05) is 23.5 Å². The van der Waals surface area contributed by atoms with Gasteiger partial charge in [-0.25, -0.2) is 0 Å². The molecule has 9 heteroatoms. The van der Waals surface area contributed by atoms with Gasteiger partial charge in [-0.2, -0.15) is 0 Å². The van der Waals surface area contributed by atoms with Crippen molar-refractivity contribution in [2.75, 3.05) is 13.1 Å². The van der Waals surface area contributed by atoms with Crippen molar-refractivity contribution >= 4 is 24.0 Å². The molecule has 1 N–H and O–H groups in total. The number of aromatic nitrogens is 1. The van der Waals surface area contributed by atoms with Crippen molar-refractivity contribution in [3.05, 3.63) is 86.3 Å².